The fraction of sp³-hybridized carbons (Fsp3) is 0.273. The summed E-state index contributed by atoms with van der Waals surface area (Å²) in [4.78, 5) is 27.0. The van der Waals surface area contributed by atoms with Gasteiger partial charge in [0.25, 0.3) is 11.7 Å². The Labute approximate surface area is 174 Å². The molecule has 0 radical (unpaired) electrons. The molecule has 1 atom stereocenters. The maximum Gasteiger partial charge on any atom is 0.295 e. The number of aliphatic hydroxyl groups excluding tert-OH is 1. The highest BCUT2D eigenvalue weighted by atomic mass is 35.5. The first kappa shape index (κ1) is 20.9. The summed E-state index contributed by atoms with van der Waals surface area (Å²) in [6.07, 6.45) is 0. The Morgan fingerprint density at radius 3 is 2.41 bits per heavy atom. The van der Waals surface area contributed by atoms with E-state index in [-0.39, 0.29) is 24.5 Å². The molecule has 1 N–H and O–H groups in total. The van der Waals surface area contributed by atoms with E-state index < -0.39 is 17.7 Å². The fourth-order valence-electron chi connectivity index (χ4n) is 3.47. The molecule has 0 bridgehead atoms. The molecule has 3 rings (SSSR count). The van der Waals surface area contributed by atoms with Crippen LogP contribution in [0.15, 0.2) is 48.0 Å². The number of ketones is 1. The van der Waals surface area contributed by atoms with Gasteiger partial charge in [-0.15, -0.1) is 0 Å². The number of benzene rings is 2. The van der Waals surface area contributed by atoms with Crippen molar-refractivity contribution in [3.8, 4) is 5.75 Å². The number of hydrogen-bond donors (Lipinski definition) is 1. The molecule has 0 saturated carbocycles. The second-order valence-corrected chi connectivity index (χ2v) is 7.15. The highest BCUT2D eigenvalue weighted by Crippen LogP contribution is 2.40. The minimum Gasteiger partial charge on any atom is -0.507 e. The Morgan fingerprint density at radius 2 is 1.83 bits per heavy atom. The summed E-state index contributed by atoms with van der Waals surface area (Å²) in [5.41, 5.74) is 1.91. The fourth-order valence-corrected chi connectivity index (χ4v) is 3.59. The Balaban J connectivity index is 2.17. The van der Waals surface area contributed by atoms with Crippen LogP contribution < -0.4 is 4.74 Å². The van der Waals surface area contributed by atoms with Crippen molar-refractivity contribution in [1.29, 1.82) is 0 Å². The first-order valence-corrected chi connectivity index (χ1v) is 9.44. The van der Waals surface area contributed by atoms with Gasteiger partial charge in [-0.05, 0) is 48.4 Å². The molecule has 0 aliphatic carbocycles. The van der Waals surface area contributed by atoms with Gasteiger partial charge in [-0.3, -0.25) is 9.59 Å². The zero-order valence-corrected chi connectivity index (χ0v) is 17.2. The number of amides is 1. The average molecular weight is 416 g/mol. The smallest absolute Gasteiger partial charge is 0.295 e. The van der Waals surface area contributed by atoms with Crippen LogP contribution in [0.25, 0.3) is 5.76 Å². The Bertz CT molecular complexity index is 968. The lowest BCUT2D eigenvalue weighted by Gasteiger charge is -2.25. The predicted octanol–water partition coefficient (Wildman–Crippen LogP) is 3.73. The van der Waals surface area contributed by atoms with E-state index in [0.717, 1.165) is 5.56 Å². The van der Waals surface area contributed by atoms with Crippen LogP contribution in [0.2, 0.25) is 5.02 Å². The van der Waals surface area contributed by atoms with E-state index in [1.165, 1.54) is 12.0 Å². The molecular weight excluding hydrogens is 394 g/mol. The SMILES string of the molecule is COCCN1C(=O)C(=O)C(=C(O)c2ccc(OC)cc2C)[C@H]1c1ccc(Cl)cc1. The van der Waals surface area contributed by atoms with E-state index in [4.69, 9.17) is 21.1 Å². The van der Waals surface area contributed by atoms with Gasteiger partial charge in [0.1, 0.15) is 11.5 Å². The minimum atomic E-state index is -0.732. The van der Waals surface area contributed by atoms with Gasteiger partial charge in [-0.25, -0.2) is 0 Å². The molecule has 1 heterocycles. The number of carbonyl (C=O) groups excluding carboxylic acids is 2. The maximum atomic E-state index is 12.9. The molecule has 7 heteroatoms. The Morgan fingerprint density at radius 1 is 1.14 bits per heavy atom. The lowest BCUT2D eigenvalue weighted by molar-refractivity contribution is -0.140. The molecule has 0 unspecified atom stereocenters. The predicted molar refractivity (Wildman–Crippen MR) is 110 cm³/mol. The summed E-state index contributed by atoms with van der Waals surface area (Å²) in [6.45, 7) is 2.28. The molecule has 6 nitrogen and oxygen atoms in total. The summed E-state index contributed by atoms with van der Waals surface area (Å²) < 4.78 is 10.3. The average Bonchev–Trinajstić information content (AvgIpc) is 2.96. The van der Waals surface area contributed by atoms with Gasteiger partial charge >= 0.3 is 0 Å². The van der Waals surface area contributed by atoms with Crippen molar-refractivity contribution in [2.24, 2.45) is 0 Å². The first-order valence-electron chi connectivity index (χ1n) is 9.06. The molecule has 1 saturated heterocycles. The summed E-state index contributed by atoms with van der Waals surface area (Å²) in [7, 11) is 3.07. The number of ether oxygens (including phenoxy) is 2. The summed E-state index contributed by atoms with van der Waals surface area (Å²) in [5, 5.41) is 11.6. The quantitative estimate of drug-likeness (QED) is 0.442. The van der Waals surface area contributed by atoms with E-state index in [2.05, 4.69) is 0 Å². The molecule has 2 aromatic rings. The van der Waals surface area contributed by atoms with Gasteiger partial charge in [0.15, 0.2) is 0 Å². The monoisotopic (exact) mass is 415 g/mol. The van der Waals surface area contributed by atoms with E-state index in [9.17, 15) is 14.7 Å². The number of methoxy groups -OCH3 is 2. The van der Waals surface area contributed by atoms with E-state index >= 15 is 0 Å². The van der Waals surface area contributed by atoms with Gasteiger partial charge in [-0.1, -0.05) is 23.7 Å². The second kappa shape index (κ2) is 8.68. The molecule has 1 amide bonds. The largest absolute Gasteiger partial charge is 0.507 e. The van der Waals surface area contributed by atoms with Crippen LogP contribution >= 0.6 is 11.6 Å². The van der Waals surface area contributed by atoms with Crippen molar-refractivity contribution >= 4 is 29.1 Å². The molecule has 0 spiro atoms. The molecule has 2 aromatic carbocycles. The molecule has 0 aromatic heterocycles. The number of nitrogens with zero attached hydrogens (tertiary/aromatic N) is 1. The van der Waals surface area contributed by atoms with Crippen LogP contribution in [0.3, 0.4) is 0 Å². The van der Waals surface area contributed by atoms with Crippen LogP contribution in [0.4, 0.5) is 0 Å². The molecule has 29 heavy (non-hydrogen) atoms. The van der Waals surface area contributed by atoms with Crippen LogP contribution in [0.1, 0.15) is 22.7 Å². The van der Waals surface area contributed by atoms with Gasteiger partial charge < -0.3 is 19.5 Å². The standard InChI is InChI=1S/C22H22ClNO5/c1-13-12-16(29-3)8-9-17(13)20(25)18-19(14-4-6-15(23)7-5-14)24(10-11-28-2)22(27)21(18)26/h4-9,12,19,25H,10-11H2,1-3H3/t19-/m1/s1. The zero-order chi connectivity index (χ0) is 21.1. The van der Waals surface area contributed by atoms with Crippen molar-refractivity contribution in [3.05, 3.63) is 69.8 Å². The number of rotatable bonds is 6. The zero-order valence-electron chi connectivity index (χ0n) is 16.4. The summed E-state index contributed by atoms with van der Waals surface area (Å²) in [5.74, 6) is -0.985. The van der Waals surface area contributed by atoms with Crippen molar-refractivity contribution in [2.75, 3.05) is 27.4 Å². The first-order chi connectivity index (χ1) is 13.9. The number of hydrogen-bond acceptors (Lipinski definition) is 5. The number of Topliss-reactive ketones (excluding diaryl/α,β-unsaturated/α-hetero) is 1. The highest BCUT2D eigenvalue weighted by Gasteiger charge is 2.45. The maximum absolute atomic E-state index is 12.9. The minimum absolute atomic E-state index is 0.0432. The molecule has 1 fully saturated rings. The van der Waals surface area contributed by atoms with Crippen LogP contribution in [-0.2, 0) is 14.3 Å². The lowest BCUT2D eigenvalue weighted by atomic mass is 9.94. The number of carbonyl (C=O) groups is 2. The van der Waals surface area contributed by atoms with Gasteiger partial charge in [-0.2, -0.15) is 0 Å². The van der Waals surface area contributed by atoms with Gasteiger partial charge in [0.2, 0.25) is 0 Å². The molecule has 152 valence electrons. The van der Waals surface area contributed by atoms with Crippen molar-refractivity contribution < 1.29 is 24.2 Å². The Kier molecular flexibility index (Phi) is 6.25. The normalized spacial score (nSPS) is 18.3. The molecule has 1 aliphatic heterocycles. The third kappa shape index (κ3) is 3.99. The van der Waals surface area contributed by atoms with Crippen LogP contribution in [0, 0.1) is 6.92 Å². The van der Waals surface area contributed by atoms with Crippen molar-refractivity contribution in [3.63, 3.8) is 0 Å². The number of likely N-dealkylation sites (tertiary alicyclic amines) is 1. The third-order valence-electron chi connectivity index (χ3n) is 4.95. The highest BCUT2D eigenvalue weighted by molar-refractivity contribution is 6.46. The summed E-state index contributed by atoms with van der Waals surface area (Å²) in [6, 6.07) is 11.2. The van der Waals surface area contributed by atoms with Gasteiger partial charge in [0, 0.05) is 24.2 Å². The van der Waals surface area contributed by atoms with Crippen molar-refractivity contribution in [1.82, 2.24) is 4.90 Å². The topological polar surface area (TPSA) is 76.1 Å². The van der Waals surface area contributed by atoms with Crippen molar-refractivity contribution in [2.45, 2.75) is 13.0 Å². The third-order valence-corrected chi connectivity index (χ3v) is 5.20. The number of aryl methyl sites for hydroxylation is 1. The van der Waals surface area contributed by atoms with Crippen LogP contribution in [-0.4, -0.2) is 49.1 Å². The molecular formula is C22H22ClNO5. The molecule has 1 aliphatic rings. The number of aliphatic hydroxyl groups is 1. The van der Waals surface area contributed by atoms with E-state index in [1.807, 2.05) is 0 Å². The van der Waals surface area contributed by atoms with E-state index in [0.29, 0.717) is 21.9 Å². The van der Waals surface area contributed by atoms with E-state index in [1.54, 1.807) is 56.5 Å². The second-order valence-electron chi connectivity index (χ2n) is 6.72. The number of halogens is 1. The Hall–Kier alpha value is -2.83. The van der Waals surface area contributed by atoms with Crippen LogP contribution in [0.5, 0.6) is 5.75 Å². The summed E-state index contributed by atoms with van der Waals surface area (Å²) >= 11 is 6.00. The lowest BCUT2D eigenvalue weighted by Crippen LogP contribution is -2.32. The van der Waals surface area contributed by atoms with Gasteiger partial charge in [0.05, 0.1) is 25.3 Å².